The Morgan fingerprint density at radius 3 is 2.37 bits per heavy atom. The highest BCUT2D eigenvalue weighted by molar-refractivity contribution is 6.01. The normalized spacial score (nSPS) is 20.0. The molecule has 1 aliphatic rings. The summed E-state index contributed by atoms with van der Waals surface area (Å²) in [6, 6.07) is 3.42. The molecule has 7 heteroatoms. The van der Waals surface area contributed by atoms with Gasteiger partial charge in [-0.2, -0.15) is 0 Å². The van der Waals surface area contributed by atoms with Crippen LogP contribution in [0.25, 0.3) is 0 Å². The second kappa shape index (κ2) is 18.0. The Kier molecular flexibility index (Phi) is 16.7. The molecular weight excluding hydrogens is 453 g/mol. The lowest BCUT2D eigenvalue weighted by atomic mass is 10.0. The minimum atomic E-state index is -0.942. The molecule has 3 atom stereocenters. The van der Waals surface area contributed by atoms with Gasteiger partial charge in [-0.3, -0.25) is 0 Å². The van der Waals surface area contributed by atoms with Crippen molar-refractivity contribution >= 4 is 5.84 Å². The summed E-state index contributed by atoms with van der Waals surface area (Å²) in [5.41, 5.74) is 7.56. The Hall–Kier alpha value is -2.38. The van der Waals surface area contributed by atoms with E-state index in [4.69, 9.17) is 10.5 Å². The number of nitrogens with zero attached hydrogens (tertiary/aromatic N) is 1. The zero-order chi connectivity index (χ0) is 27.0. The van der Waals surface area contributed by atoms with E-state index in [9.17, 15) is 18.3 Å². The van der Waals surface area contributed by atoms with Gasteiger partial charge < -0.3 is 15.6 Å². The topological polar surface area (TPSA) is 67.8 Å². The summed E-state index contributed by atoms with van der Waals surface area (Å²) in [6.45, 7) is 13.5. The maximum absolute atomic E-state index is 13.7. The van der Waals surface area contributed by atoms with E-state index in [1.54, 1.807) is 13.1 Å². The standard InChI is InChI=1S/C14H23FN2.C12H14F2O2.C2H6/c1-5-8-10-17-14(16)13(12(15)7-3)11(4)9-6-2;1-7-2-5-11(16-7)12(15)8-3-4-9(13)10(14)6-8;1-2/h7-8,10H,5-6,9H2,1-4H3,(H2,16,17);3-4,6-7,11-12,15H,2,5H2,1H3;1-2H3/b10-8+,12-7+,13-11+;;. The van der Waals surface area contributed by atoms with Crippen LogP contribution >= 0.6 is 0 Å². The summed E-state index contributed by atoms with van der Waals surface area (Å²) in [7, 11) is 0. The van der Waals surface area contributed by atoms with Gasteiger partial charge in [0.25, 0.3) is 0 Å². The van der Waals surface area contributed by atoms with E-state index in [1.165, 1.54) is 12.1 Å². The van der Waals surface area contributed by atoms with Crippen molar-refractivity contribution in [2.75, 3.05) is 0 Å². The Morgan fingerprint density at radius 1 is 1.23 bits per heavy atom. The number of allylic oxidation sites excluding steroid dienone is 3. The van der Waals surface area contributed by atoms with Crippen LogP contribution in [0.3, 0.4) is 0 Å². The molecule has 2 rings (SSSR count). The number of halogens is 3. The van der Waals surface area contributed by atoms with Gasteiger partial charge in [-0.15, -0.1) is 0 Å². The molecule has 198 valence electrons. The molecule has 1 fully saturated rings. The minimum absolute atomic E-state index is 0.116. The molecule has 0 radical (unpaired) electrons. The molecule has 0 aromatic heterocycles. The third-order valence-corrected chi connectivity index (χ3v) is 5.26. The van der Waals surface area contributed by atoms with E-state index in [0.717, 1.165) is 49.8 Å². The number of aliphatic hydroxyl groups excluding tert-OH is 1. The van der Waals surface area contributed by atoms with Crippen LogP contribution in [0.2, 0.25) is 0 Å². The number of rotatable bonds is 8. The Bertz CT molecular complexity index is 879. The largest absolute Gasteiger partial charge is 0.386 e. The van der Waals surface area contributed by atoms with Crippen molar-refractivity contribution in [1.29, 1.82) is 0 Å². The molecule has 1 aliphatic heterocycles. The van der Waals surface area contributed by atoms with E-state index >= 15 is 0 Å². The van der Waals surface area contributed by atoms with Crippen molar-refractivity contribution in [1.82, 2.24) is 0 Å². The molecule has 0 spiro atoms. The molecule has 35 heavy (non-hydrogen) atoms. The van der Waals surface area contributed by atoms with Crippen LogP contribution in [0, 0.1) is 11.6 Å². The number of benzene rings is 1. The maximum Gasteiger partial charge on any atom is 0.159 e. The smallest absolute Gasteiger partial charge is 0.159 e. The minimum Gasteiger partial charge on any atom is -0.386 e. The van der Waals surface area contributed by atoms with Gasteiger partial charge in [-0.25, -0.2) is 18.2 Å². The van der Waals surface area contributed by atoms with Gasteiger partial charge in [-0.1, -0.05) is 57.9 Å². The molecule has 0 amide bonds. The Balaban J connectivity index is 0.000000617. The van der Waals surface area contributed by atoms with Crippen LogP contribution in [-0.2, 0) is 4.74 Å². The van der Waals surface area contributed by atoms with Crippen LogP contribution in [0.1, 0.15) is 92.2 Å². The lowest BCUT2D eigenvalue weighted by molar-refractivity contribution is -0.0298. The van der Waals surface area contributed by atoms with Crippen LogP contribution in [0.4, 0.5) is 13.2 Å². The summed E-state index contributed by atoms with van der Waals surface area (Å²) in [4.78, 5) is 4.06. The first-order valence-electron chi connectivity index (χ1n) is 12.4. The van der Waals surface area contributed by atoms with Crippen LogP contribution in [0.15, 0.2) is 58.5 Å². The Morgan fingerprint density at radius 2 is 1.89 bits per heavy atom. The van der Waals surface area contributed by atoms with Crippen LogP contribution in [-0.4, -0.2) is 23.2 Å². The molecule has 0 saturated carbocycles. The molecular formula is C28H43F3N2O2. The van der Waals surface area contributed by atoms with Gasteiger partial charge in [-0.05, 0) is 64.2 Å². The summed E-state index contributed by atoms with van der Waals surface area (Å²) in [5.74, 6) is -1.90. The van der Waals surface area contributed by atoms with Crippen molar-refractivity contribution in [2.45, 2.75) is 98.9 Å². The average Bonchev–Trinajstić information content (AvgIpc) is 3.28. The second-order valence-electron chi connectivity index (χ2n) is 8.03. The Labute approximate surface area is 209 Å². The van der Waals surface area contributed by atoms with Crippen molar-refractivity contribution in [3.8, 4) is 0 Å². The predicted octanol–water partition coefficient (Wildman–Crippen LogP) is 7.85. The molecule has 0 bridgehead atoms. The molecule has 1 heterocycles. The second-order valence-corrected chi connectivity index (χ2v) is 8.03. The molecule has 3 N–H and O–H groups in total. The van der Waals surface area contributed by atoms with Crippen molar-refractivity contribution in [2.24, 2.45) is 10.7 Å². The molecule has 0 aliphatic carbocycles. The summed E-state index contributed by atoms with van der Waals surface area (Å²) in [6.07, 6.45) is 8.12. The van der Waals surface area contributed by atoms with Gasteiger partial charge in [0.2, 0.25) is 0 Å². The summed E-state index contributed by atoms with van der Waals surface area (Å²) < 4.78 is 44.9. The zero-order valence-electron chi connectivity index (χ0n) is 22.2. The number of ether oxygens (including phenoxy) is 1. The summed E-state index contributed by atoms with van der Waals surface area (Å²) in [5, 5.41) is 9.94. The van der Waals surface area contributed by atoms with Crippen LogP contribution < -0.4 is 5.73 Å². The highest BCUT2D eigenvalue weighted by Gasteiger charge is 2.29. The highest BCUT2D eigenvalue weighted by atomic mass is 19.2. The fourth-order valence-corrected chi connectivity index (χ4v) is 3.47. The van der Waals surface area contributed by atoms with Crippen molar-refractivity contribution in [3.63, 3.8) is 0 Å². The molecule has 3 unspecified atom stereocenters. The van der Waals surface area contributed by atoms with Gasteiger partial charge in [0.05, 0.1) is 17.8 Å². The lowest BCUT2D eigenvalue weighted by Crippen LogP contribution is -2.18. The van der Waals surface area contributed by atoms with E-state index in [2.05, 4.69) is 11.9 Å². The van der Waals surface area contributed by atoms with Gasteiger partial charge in [0, 0.05) is 6.20 Å². The number of hydrogen-bond acceptors (Lipinski definition) is 3. The SMILES string of the molecule is CC.CC1CCC(C(O)c2ccc(F)c(F)c2)O1.C\C=C(F)/C(C(/N)=N/C=C/CC)=C(/C)CCC. The van der Waals surface area contributed by atoms with Crippen molar-refractivity contribution in [3.05, 3.63) is 70.7 Å². The zero-order valence-corrected chi connectivity index (χ0v) is 22.2. The number of nitrogens with two attached hydrogens (primary N) is 1. The molecule has 1 aromatic carbocycles. The maximum atomic E-state index is 13.7. The van der Waals surface area contributed by atoms with Gasteiger partial charge in [0.15, 0.2) is 11.6 Å². The van der Waals surface area contributed by atoms with Gasteiger partial charge >= 0.3 is 0 Å². The average molecular weight is 497 g/mol. The predicted molar refractivity (Wildman–Crippen MR) is 140 cm³/mol. The number of aliphatic imine (C=N–C) groups is 1. The first-order chi connectivity index (χ1) is 16.7. The van der Waals surface area contributed by atoms with Gasteiger partial charge in [0.1, 0.15) is 17.8 Å². The summed E-state index contributed by atoms with van der Waals surface area (Å²) >= 11 is 0. The fourth-order valence-electron chi connectivity index (χ4n) is 3.47. The molecule has 1 saturated heterocycles. The monoisotopic (exact) mass is 496 g/mol. The first kappa shape index (κ1) is 32.6. The third kappa shape index (κ3) is 11.3. The van der Waals surface area contributed by atoms with E-state index in [0.29, 0.717) is 11.1 Å². The van der Waals surface area contributed by atoms with E-state index in [-0.39, 0.29) is 23.9 Å². The van der Waals surface area contributed by atoms with Crippen LogP contribution in [0.5, 0.6) is 0 Å². The number of amidine groups is 1. The fraction of sp³-hybridized carbons (Fsp3) is 0.536. The van der Waals surface area contributed by atoms with E-state index < -0.39 is 17.7 Å². The quantitative estimate of drug-likeness (QED) is 0.219. The third-order valence-electron chi connectivity index (χ3n) is 5.26. The number of aliphatic hydroxyl groups is 1. The highest BCUT2D eigenvalue weighted by Crippen LogP contribution is 2.30. The lowest BCUT2D eigenvalue weighted by Gasteiger charge is -2.18. The van der Waals surface area contributed by atoms with E-state index in [1.807, 2.05) is 40.7 Å². The first-order valence-corrected chi connectivity index (χ1v) is 12.4. The molecule has 4 nitrogen and oxygen atoms in total. The number of hydrogen-bond donors (Lipinski definition) is 2. The molecule has 1 aromatic rings. The van der Waals surface area contributed by atoms with Crippen molar-refractivity contribution < 1.29 is 23.0 Å².